The van der Waals surface area contributed by atoms with Gasteiger partial charge in [0.1, 0.15) is 0 Å². The van der Waals surface area contributed by atoms with Gasteiger partial charge < -0.3 is 9.84 Å². The molecule has 4 nitrogen and oxygen atoms in total. The molecule has 0 spiro atoms. The Balaban J connectivity index is 1.71. The zero-order chi connectivity index (χ0) is 10.8. The van der Waals surface area contributed by atoms with Crippen LogP contribution in [0.25, 0.3) is 0 Å². The molecule has 1 aromatic rings. The minimum atomic E-state index is 0.465. The summed E-state index contributed by atoms with van der Waals surface area (Å²) >= 11 is 0. The lowest BCUT2D eigenvalue weighted by Gasteiger charge is -2.19. The van der Waals surface area contributed by atoms with E-state index in [1.54, 1.807) is 0 Å². The number of hydrogen-bond acceptors (Lipinski definition) is 4. The number of nitrogens with one attached hydrogen (secondary N) is 1. The van der Waals surface area contributed by atoms with Gasteiger partial charge >= 0.3 is 0 Å². The topological polar surface area (TPSA) is 51.0 Å². The van der Waals surface area contributed by atoms with Crippen LogP contribution in [0.1, 0.15) is 62.1 Å². The molecule has 1 saturated carbocycles. The number of piperidine rings is 1. The van der Waals surface area contributed by atoms with Crippen molar-refractivity contribution in [3.05, 3.63) is 11.7 Å². The molecule has 1 aromatic heterocycles. The summed E-state index contributed by atoms with van der Waals surface area (Å²) in [5.41, 5.74) is 0. The van der Waals surface area contributed by atoms with E-state index < -0.39 is 0 Å². The van der Waals surface area contributed by atoms with Gasteiger partial charge in [0.2, 0.25) is 5.89 Å². The summed E-state index contributed by atoms with van der Waals surface area (Å²) in [6.45, 7) is 2.13. The summed E-state index contributed by atoms with van der Waals surface area (Å²) in [5, 5.41) is 7.55. The highest BCUT2D eigenvalue weighted by molar-refractivity contribution is 5.02. The average molecular weight is 221 g/mol. The lowest BCUT2D eigenvalue weighted by atomic mass is 9.99. The first-order valence-corrected chi connectivity index (χ1v) is 6.47. The highest BCUT2D eigenvalue weighted by Crippen LogP contribution is 2.33. The van der Waals surface area contributed by atoms with Gasteiger partial charge in [0, 0.05) is 18.4 Å². The van der Waals surface area contributed by atoms with Gasteiger partial charge in [0.05, 0.1) is 0 Å². The molecule has 1 aliphatic carbocycles. The number of aromatic nitrogens is 2. The predicted octanol–water partition coefficient (Wildman–Crippen LogP) is 2.19. The molecule has 1 N–H and O–H groups in total. The highest BCUT2D eigenvalue weighted by Gasteiger charge is 2.26. The van der Waals surface area contributed by atoms with Gasteiger partial charge in [-0.2, -0.15) is 4.98 Å². The van der Waals surface area contributed by atoms with E-state index in [9.17, 15) is 0 Å². The fraction of sp³-hybridized carbons (Fsp3) is 0.833. The predicted molar refractivity (Wildman–Crippen MR) is 60.4 cm³/mol. The van der Waals surface area contributed by atoms with Crippen LogP contribution in [0.2, 0.25) is 0 Å². The van der Waals surface area contributed by atoms with Crippen molar-refractivity contribution in [3.63, 3.8) is 0 Å². The van der Waals surface area contributed by atoms with Crippen LogP contribution in [0, 0.1) is 0 Å². The Morgan fingerprint density at radius 2 is 1.88 bits per heavy atom. The smallest absolute Gasteiger partial charge is 0.229 e. The second-order valence-electron chi connectivity index (χ2n) is 5.02. The van der Waals surface area contributed by atoms with Crippen molar-refractivity contribution < 1.29 is 4.52 Å². The van der Waals surface area contributed by atoms with E-state index in [0.717, 1.165) is 24.8 Å². The number of hydrogen-bond donors (Lipinski definition) is 1. The Morgan fingerprint density at radius 3 is 2.62 bits per heavy atom. The third-order valence-corrected chi connectivity index (χ3v) is 3.82. The van der Waals surface area contributed by atoms with Gasteiger partial charge in [0.25, 0.3) is 0 Å². The Hall–Kier alpha value is -0.900. The molecule has 16 heavy (non-hydrogen) atoms. The third-order valence-electron chi connectivity index (χ3n) is 3.82. The second-order valence-corrected chi connectivity index (χ2v) is 5.02. The minimum Gasteiger partial charge on any atom is -0.339 e. The minimum absolute atomic E-state index is 0.465. The largest absolute Gasteiger partial charge is 0.339 e. The number of nitrogens with zero attached hydrogens (tertiary/aromatic N) is 2. The Morgan fingerprint density at radius 1 is 1.06 bits per heavy atom. The summed E-state index contributed by atoms with van der Waals surface area (Å²) in [7, 11) is 0. The average Bonchev–Trinajstić information content (AvgIpc) is 3.01. The molecule has 2 fully saturated rings. The van der Waals surface area contributed by atoms with Crippen LogP contribution < -0.4 is 5.32 Å². The first-order chi connectivity index (χ1) is 7.93. The van der Waals surface area contributed by atoms with Crippen molar-refractivity contribution in [1.29, 1.82) is 0 Å². The maximum atomic E-state index is 5.41. The lowest BCUT2D eigenvalue weighted by Crippen LogP contribution is -2.28. The SMILES string of the molecule is C1CNCC(c2noc(C3CCCC3)n2)C1. The van der Waals surface area contributed by atoms with E-state index >= 15 is 0 Å². The molecule has 3 rings (SSSR count). The molecule has 2 aliphatic rings. The lowest BCUT2D eigenvalue weighted by molar-refractivity contribution is 0.343. The maximum absolute atomic E-state index is 5.41. The Labute approximate surface area is 95.8 Å². The molecular formula is C12H19N3O. The van der Waals surface area contributed by atoms with Gasteiger partial charge in [-0.25, -0.2) is 0 Å². The van der Waals surface area contributed by atoms with Crippen LogP contribution in [-0.2, 0) is 0 Å². The fourth-order valence-corrected chi connectivity index (χ4v) is 2.82. The molecule has 4 heteroatoms. The second kappa shape index (κ2) is 4.53. The summed E-state index contributed by atoms with van der Waals surface area (Å²) < 4.78 is 5.41. The Kier molecular flexibility index (Phi) is 2.91. The first-order valence-electron chi connectivity index (χ1n) is 6.47. The van der Waals surface area contributed by atoms with Gasteiger partial charge in [-0.05, 0) is 32.2 Å². The number of rotatable bonds is 2. The van der Waals surface area contributed by atoms with E-state index in [1.165, 1.54) is 38.5 Å². The van der Waals surface area contributed by atoms with E-state index in [2.05, 4.69) is 15.5 Å². The zero-order valence-electron chi connectivity index (χ0n) is 9.61. The maximum Gasteiger partial charge on any atom is 0.229 e. The van der Waals surface area contributed by atoms with Gasteiger partial charge in [-0.15, -0.1) is 0 Å². The van der Waals surface area contributed by atoms with E-state index in [-0.39, 0.29) is 0 Å². The molecule has 0 bridgehead atoms. The molecular weight excluding hydrogens is 202 g/mol. The van der Waals surface area contributed by atoms with E-state index in [1.807, 2.05) is 0 Å². The molecule has 1 saturated heterocycles. The molecule has 2 heterocycles. The molecule has 88 valence electrons. The van der Waals surface area contributed by atoms with Gasteiger partial charge in [-0.3, -0.25) is 0 Å². The molecule has 1 unspecified atom stereocenters. The van der Waals surface area contributed by atoms with Crippen LogP contribution in [0.15, 0.2) is 4.52 Å². The first kappa shape index (κ1) is 10.3. The summed E-state index contributed by atoms with van der Waals surface area (Å²) in [5.74, 6) is 2.82. The summed E-state index contributed by atoms with van der Waals surface area (Å²) in [6, 6.07) is 0. The molecule has 0 radical (unpaired) electrons. The van der Waals surface area contributed by atoms with Crippen LogP contribution in [0.4, 0.5) is 0 Å². The van der Waals surface area contributed by atoms with Crippen LogP contribution in [-0.4, -0.2) is 23.2 Å². The summed E-state index contributed by atoms with van der Waals surface area (Å²) in [4.78, 5) is 4.60. The van der Waals surface area contributed by atoms with Crippen molar-refractivity contribution in [2.75, 3.05) is 13.1 Å². The normalized spacial score (nSPS) is 27.4. The van der Waals surface area contributed by atoms with Crippen molar-refractivity contribution in [1.82, 2.24) is 15.5 Å². The monoisotopic (exact) mass is 221 g/mol. The van der Waals surface area contributed by atoms with Gasteiger partial charge in [-0.1, -0.05) is 18.0 Å². The molecule has 1 atom stereocenters. The fourth-order valence-electron chi connectivity index (χ4n) is 2.82. The van der Waals surface area contributed by atoms with Crippen LogP contribution in [0.3, 0.4) is 0 Å². The van der Waals surface area contributed by atoms with Crippen LogP contribution in [0.5, 0.6) is 0 Å². The summed E-state index contributed by atoms with van der Waals surface area (Å²) in [6.07, 6.45) is 7.49. The molecule has 0 amide bonds. The van der Waals surface area contributed by atoms with Gasteiger partial charge in [0.15, 0.2) is 5.82 Å². The van der Waals surface area contributed by atoms with Crippen molar-refractivity contribution in [3.8, 4) is 0 Å². The molecule has 0 aromatic carbocycles. The van der Waals surface area contributed by atoms with E-state index in [4.69, 9.17) is 4.52 Å². The highest BCUT2D eigenvalue weighted by atomic mass is 16.5. The molecule has 1 aliphatic heterocycles. The quantitative estimate of drug-likeness (QED) is 0.831. The van der Waals surface area contributed by atoms with Crippen molar-refractivity contribution in [2.24, 2.45) is 0 Å². The Bertz CT molecular complexity index is 338. The van der Waals surface area contributed by atoms with Crippen molar-refractivity contribution >= 4 is 0 Å². The zero-order valence-corrected chi connectivity index (χ0v) is 9.61. The van der Waals surface area contributed by atoms with Crippen molar-refractivity contribution in [2.45, 2.75) is 50.4 Å². The standard InChI is InChI=1S/C12H19N3O/c1-2-5-9(4-1)12-14-11(15-16-12)10-6-3-7-13-8-10/h9-10,13H,1-8H2. The third kappa shape index (κ3) is 1.98. The van der Waals surface area contributed by atoms with Crippen LogP contribution >= 0.6 is 0 Å². The van der Waals surface area contributed by atoms with E-state index in [0.29, 0.717) is 11.8 Å².